The third kappa shape index (κ3) is 3.44. The van der Waals surface area contributed by atoms with E-state index < -0.39 is 0 Å². The Labute approximate surface area is 139 Å². The summed E-state index contributed by atoms with van der Waals surface area (Å²) in [5.41, 5.74) is 1.08. The number of hydrogen-bond donors (Lipinski definition) is 1. The number of phenols is 1. The number of phenolic OH excluding ortho intramolecular Hbond substituents is 1. The molecular formula is C14H12I2O3. The minimum absolute atomic E-state index is 0.168. The maximum atomic E-state index is 9.86. The van der Waals surface area contributed by atoms with Crippen LogP contribution in [-0.2, 0) is 6.61 Å². The van der Waals surface area contributed by atoms with Crippen molar-refractivity contribution in [3.63, 3.8) is 0 Å². The molecule has 0 aromatic heterocycles. The van der Waals surface area contributed by atoms with Gasteiger partial charge in [-0.3, -0.25) is 0 Å². The van der Waals surface area contributed by atoms with Crippen LogP contribution in [0.5, 0.6) is 17.2 Å². The molecule has 2 aromatic carbocycles. The Bertz CT molecular complexity index is 571. The zero-order valence-electron chi connectivity index (χ0n) is 10.2. The molecule has 2 rings (SSSR count). The first-order valence-electron chi connectivity index (χ1n) is 5.55. The second kappa shape index (κ2) is 6.65. The Morgan fingerprint density at radius 2 is 1.79 bits per heavy atom. The summed E-state index contributed by atoms with van der Waals surface area (Å²) in [5, 5.41) is 9.86. The van der Waals surface area contributed by atoms with Gasteiger partial charge in [0.15, 0.2) is 5.75 Å². The number of aromatic hydroxyl groups is 1. The van der Waals surface area contributed by atoms with Crippen molar-refractivity contribution in [3.8, 4) is 17.2 Å². The third-order valence-corrected chi connectivity index (χ3v) is 4.62. The molecule has 0 saturated carbocycles. The lowest BCUT2D eigenvalue weighted by Crippen LogP contribution is -2.00. The van der Waals surface area contributed by atoms with E-state index >= 15 is 0 Å². The predicted octanol–water partition coefficient (Wildman–Crippen LogP) is 4.19. The minimum Gasteiger partial charge on any atom is -0.507 e. The van der Waals surface area contributed by atoms with Gasteiger partial charge in [-0.15, -0.1) is 0 Å². The van der Waals surface area contributed by atoms with E-state index in [-0.39, 0.29) is 5.75 Å². The van der Waals surface area contributed by atoms with E-state index in [1.807, 2.05) is 30.3 Å². The maximum absolute atomic E-state index is 9.86. The Morgan fingerprint density at radius 3 is 2.42 bits per heavy atom. The first-order valence-corrected chi connectivity index (χ1v) is 7.71. The van der Waals surface area contributed by atoms with Crippen molar-refractivity contribution in [1.82, 2.24) is 0 Å². The smallest absolute Gasteiger partial charge is 0.153 e. The van der Waals surface area contributed by atoms with Gasteiger partial charge in [0.2, 0.25) is 0 Å². The molecular weight excluding hydrogens is 470 g/mol. The summed E-state index contributed by atoms with van der Waals surface area (Å²) >= 11 is 4.23. The highest BCUT2D eigenvalue weighted by Crippen LogP contribution is 2.40. The van der Waals surface area contributed by atoms with Crippen LogP contribution < -0.4 is 9.47 Å². The Morgan fingerprint density at radius 1 is 1.11 bits per heavy atom. The third-order valence-electron chi connectivity index (χ3n) is 2.55. The minimum atomic E-state index is 0.168. The van der Waals surface area contributed by atoms with Crippen LogP contribution in [0.25, 0.3) is 0 Å². The van der Waals surface area contributed by atoms with Crippen LogP contribution in [0.2, 0.25) is 0 Å². The van der Waals surface area contributed by atoms with Crippen LogP contribution in [0, 0.1) is 7.14 Å². The molecule has 0 heterocycles. The average Bonchev–Trinajstić information content (AvgIpc) is 2.44. The van der Waals surface area contributed by atoms with Gasteiger partial charge >= 0.3 is 0 Å². The van der Waals surface area contributed by atoms with Gasteiger partial charge in [-0.05, 0) is 50.7 Å². The molecule has 0 fully saturated rings. The highest BCUT2D eigenvalue weighted by Gasteiger charge is 2.16. The fourth-order valence-corrected chi connectivity index (χ4v) is 3.48. The second-order valence-corrected chi connectivity index (χ2v) is 5.99. The van der Waals surface area contributed by atoms with Gasteiger partial charge in [0.25, 0.3) is 0 Å². The van der Waals surface area contributed by atoms with E-state index in [0.717, 1.165) is 9.13 Å². The van der Waals surface area contributed by atoms with E-state index in [9.17, 15) is 5.11 Å². The predicted molar refractivity (Wildman–Crippen MR) is 90.9 cm³/mol. The molecule has 0 aliphatic heterocycles. The van der Waals surface area contributed by atoms with Crippen LogP contribution in [0.3, 0.4) is 0 Å². The van der Waals surface area contributed by atoms with Gasteiger partial charge in [-0.1, -0.05) is 30.3 Å². The lowest BCUT2D eigenvalue weighted by molar-refractivity contribution is 0.295. The van der Waals surface area contributed by atoms with Crippen molar-refractivity contribution in [3.05, 3.63) is 49.1 Å². The second-order valence-electron chi connectivity index (χ2n) is 3.83. The number of benzene rings is 2. The van der Waals surface area contributed by atoms with E-state index in [1.165, 1.54) is 0 Å². The largest absolute Gasteiger partial charge is 0.507 e. The molecule has 0 saturated heterocycles. The number of rotatable bonds is 4. The van der Waals surface area contributed by atoms with Crippen LogP contribution in [0.15, 0.2) is 36.4 Å². The molecule has 100 valence electrons. The first kappa shape index (κ1) is 14.7. The molecule has 0 aliphatic rings. The Kier molecular flexibility index (Phi) is 5.14. The summed E-state index contributed by atoms with van der Waals surface area (Å²) in [6.07, 6.45) is 0. The standard InChI is InChI=1S/C14H12I2O3/c1-18-11-7-10(17)12(15)14(13(11)16)19-8-9-5-3-2-4-6-9/h2-7,17H,8H2,1H3. The normalized spacial score (nSPS) is 10.3. The molecule has 0 bridgehead atoms. The summed E-state index contributed by atoms with van der Waals surface area (Å²) in [6, 6.07) is 11.5. The van der Waals surface area contributed by atoms with Crippen LogP contribution in [0.1, 0.15) is 5.56 Å². The average molecular weight is 482 g/mol. The van der Waals surface area contributed by atoms with Crippen molar-refractivity contribution < 1.29 is 14.6 Å². The van der Waals surface area contributed by atoms with Gasteiger partial charge in [-0.2, -0.15) is 0 Å². The van der Waals surface area contributed by atoms with Gasteiger partial charge < -0.3 is 14.6 Å². The zero-order chi connectivity index (χ0) is 13.8. The number of hydrogen-bond acceptors (Lipinski definition) is 3. The van der Waals surface area contributed by atoms with E-state index in [4.69, 9.17) is 9.47 Å². The van der Waals surface area contributed by atoms with Crippen LogP contribution in [-0.4, -0.2) is 12.2 Å². The van der Waals surface area contributed by atoms with Crippen molar-refractivity contribution in [2.24, 2.45) is 0 Å². The molecule has 2 aromatic rings. The molecule has 0 unspecified atom stereocenters. The van der Waals surface area contributed by atoms with E-state index in [1.54, 1.807) is 13.2 Å². The molecule has 0 amide bonds. The van der Waals surface area contributed by atoms with Gasteiger partial charge in [0.1, 0.15) is 18.1 Å². The lowest BCUT2D eigenvalue weighted by atomic mass is 10.2. The Balaban J connectivity index is 2.27. The molecule has 0 aliphatic carbocycles. The van der Waals surface area contributed by atoms with Crippen molar-refractivity contribution >= 4 is 45.2 Å². The number of ether oxygens (including phenoxy) is 2. The molecule has 0 atom stereocenters. The Hall–Kier alpha value is -0.700. The SMILES string of the molecule is COc1cc(O)c(I)c(OCc2ccccc2)c1I. The van der Waals surface area contributed by atoms with Crippen molar-refractivity contribution in [1.29, 1.82) is 0 Å². The highest BCUT2D eigenvalue weighted by atomic mass is 127. The van der Waals surface area contributed by atoms with Crippen molar-refractivity contribution in [2.75, 3.05) is 7.11 Å². The van der Waals surface area contributed by atoms with Crippen molar-refractivity contribution in [2.45, 2.75) is 6.61 Å². The summed E-state index contributed by atoms with van der Waals surface area (Å²) in [7, 11) is 1.57. The monoisotopic (exact) mass is 482 g/mol. The highest BCUT2D eigenvalue weighted by molar-refractivity contribution is 14.1. The fourth-order valence-electron chi connectivity index (χ4n) is 1.58. The fraction of sp³-hybridized carbons (Fsp3) is 0.143. The number of methoxy groups -OCH3 is 1. The van der Waals surface area contributed by atoms with Crippen LogP contribution >= 0.6 is 45.2 Å². The van der Waals surface area contributed by atoms with Crippen LogP contribution in [0.4, 0.5) is 0 Å². The molecule has 0 radical (unpaired) electrons. The molecule has 19 heavy (non-hydrogen) atoms. The topological polar surface area (TPSA) is 38.7 Å². The van der Waals surface area contributed by atoms with E-state index in [2.05, 4.69) is 45.2 Å². The number of halogens is 2. The summed E-state index contributed by atoms with van der Waals surface area (Å²) in [6.45, 7) is 0.458. The summed E-state index contributed by atoms with van der Waals surface area (Å²) < 4.78 is 12.6. The zero-order valence-corrected chi connectivity index (χ0v) is 14.5. The molecule has 0 spiro atoms. The first-order chi connectivity index (χ1) is 9.13. The maximum Gasteiger partial charge on any atom is 0.153 e. The van der Waals surface area contributed by atoms with Gasteiger partial charge in [0.05, 0.1) is 14.3 Å². The molecule has 1 N–H and O–H groups in total. The summed E-state index contributed by atoms with van der Waals surface area (Å²) in [5.74, 6) is 1.43. The molecule has 5 heteroatoms. The molecule has 3 nitrogen and oxygen atoms in total. The quantitative estimate of drug-likeness (QED) is 0.665. The van der Waals surface area contributed by atoms with Gasteiger partial charge in [0, 0.05) is 6.07 Å². The van der Waals surface area contributed by atoms with Gasteiger partial charge in [-0.25, -0.2) is 0 Å². The van der Waals surface area contributed by atoms with E-state index in [0.29, 0.717) is 21.7 Å². The summed E-state index contributed by atoms with van der Waals surface area (Å²) in [4.78, 5) is 0. The lowest BCUT2D eigenvalue weighted by Gasteiger charge is -2.14.